The fourth-order valence-corrected chi connectivity index (χ4v) is 2.29. The van der Waals surface area contributed by atoms with E-state index in [0.29, 0.717) is 26.9 Å². The van der Waals surface area contributed by atoms with Crippen LogP contribution in [0, 0.1) is 11.3 Å². The van der Waals surface area contributed by atoms with Gasteiger partial charge < -0.3 is 4.74 Å². The summed E-state index contributed by atoms with van der Waals surface area (Å²) in [4.78, 5) is 0. The Morgan fingerprint density at radius 3 is 2.50 bits per heavy atom. The van der Waals surface area contributed by atoms with E-state index in [1.807, 2.05) is 24.3 Å². The van der Waals surface area contributed by atoms with Gasteiger partial charge >= 0.3 is 0 Å². The molecule has 2 rings (SSSR count). The van der Waals surface area contributed by atoms with Gasteiger partial charge in [0.25, 0.3) is 0 Å². The van der Waals surface area contributed by atoms with Crippen LogP contribution in [0.4, 0.5) is 0 Å². The zero-order valence-corrected chi connectivity index (χ0v) is 12.2. The predicted octanol–water partition coefficient (Wildman–Crippen LogP) is 5.07. The lowest BCUT2D eigenvalue weighted by Crippen LogP contribution is -1.86. The first-order valence-corrected chi connectivity index (χ1v) is 6.61. The molecule has 4 heteroatoms. The zero-order valence-electron chi connectivity index (χ0n) is 10.7. The molecule has 0 unspecified atom stereocenters. The van der Waals surface area contributed by atoms with Gasteiger partial charge in [0.05, 0.1) is 23.8 Å². The number of ether oxygens (including phenoxy) is 1. The Labute approximate surface area is 127 Å². The van der Waals surface area contributed by atoms with Gasteiger partial charge in [-0.15, -0.1) is 0 Å². The Bertz CT molecular complexity index is 702. The molecular formula is C16H11Cl2NO. The van der Waals surface area contributed by atoms with Crippen molar-refractivity contribution in [3.05, 3.63) is 63.6 Å². The maximum absolute atomic E-state index is 9.30. The van der Waals surface area contributed by atoms with Crippen LogP contribution in [0.5, 0.6) is 5.75 Å². The SMILES string of the molecule is COc1ccc(C=C(C#N)c2ccccc2Cl)cc1Cl. The number of allylic oxidation sites excluding steroid dienone is 1. The molecular weight excluding hydrogens is 293 g/mol. The normalized spacial score (nSPS) is 11.0. The summed E-state index contributed by atoms with van der Waals surface area (Å²) >= 11 is 12.2. The summed E-state index contributed by atoms with van der Waals surface area (Å²) in [6.45, 7) is 0. The van der Waals surface area contributed by atoms with Gasteiger partial charge in [0, 0.05) is 10.6 Å². The van der Waals surface area contributed by atoms with Gasteiger partial charge in [-0.3, -0.25) is 0 Å². The van der Waals surface area contributed by atoms with Crippen LogP contribution < -0.4 is 4.74 Å². The summed E-state index contributed by atoms with van der Waals surface area (Å²) in [5.74, 6) is 0.597. The third kappa shape index (κ3) is 3.14. The Hall–Kier alpha value is -1.95. The van der Waals surface area contributed by atoms with Crippen molar-refractivity contribution in [3.8, 4) is 11.8 Å². The van der Waals surface area contributed by atoms with Crippen LogP contribution in [0.15, 0.2) is 42.5 Å². The Balaban J connectivity index is 2.45. The molecule has 0 fully saturated rings. The maximum atomic E-state index is 9.30. The van der Waals surface area contributed by atoms with E-state index in [1.165, 1.54) is 0 Å². The lowest BCUT2D eigenvalue weighted by molar-refractivity contribution is 0.415. The van der Waals surface area contributed by atoms with E-state index in [-0.39, 0.29) is 0 Å². The number of nitrogens with zero attached hydrogens (tertiary/aromatic N) is 1. The molecule has 0 N–H and O–H groups in total. The molecule has 0 aliphatic heterocycles. The van der Waals surface area contributed by atoms with Gasteiger partial charge in [-0.25, -0.2) is 0 Å². The number of nitriles is 1. The van der Waals surface area contributed by atoms with E-state index < -0.39 is 0 Å². The number of methoxy groups -OCH3 is 1. The molecule has 0 bridgehead atoms. The highest BCUT2D eigenvalue weighted by atomic mass is 35.5. The minimum absolute atomic E-state index is 0.483. The maximum Gasteiger partial charge on any atom is 0.137 e. The molecule has 20 heavy (non-hydrogen) atoms. The Morgan fingerprint density at radius 1 is 1.15 bits per heavy atom. The second-order valence-corrected chi connectivity index (χ2v) is 4.86. The van der Waals surface area contributed by atoms with Crippen molar-refractivity contribution in [2.75, 3.05) is 7.11 Å². The molecule has 0 heterocycles. The highest BCUT2D eigenvalue weighted by Crippen LogP contribution is 2.29. The van der Waals surface area contributed by atoms with Crippen LogP contribution in [0.2, 0.25) is 10.0 Å². The van der Waals surface area contributed by atoms with Crippen molar-refractivity contribution in [1.29, 1.82) is 5.26 Å². The van der Waals surface area contributed by atoms with Crippen molar-refractivity contribution in [1.82, 2.24) is 0 Å². The van der Waals surface area contributed by atoms with E-state index in [9.17, 15) is 5.26 Å². The third-order valence-electron chi connectivity index (χ3n) is 2.77. The summed E-state index contributed by atoms with van der Waals surface area (Å²) < 4.78 is 5.10. The average Bonchev–Trinajstić information content (AvgIpc) is 2.46. The van der Waals surface area contributed by atoms with Crippen LogP contribution in [0.3, 0.4) is 0 Å². The second-order valence-electron chi connectivity index (χ2n) is 4.04. The van der Waals surface area contributed by atoms with Crippen LogP contribution in [0.25, 0.3) is 11.6 Å². The van der Waals surface area contributed by atoms with Crippen LogP contribution >= 0.6 is 23.2 Å². The van der Waals surface area contributed by atoms with Crippen molar-refractivity contribution in [3.63, 3.8) is 0 Å². The molecule has 0 atom stereocenters. The molecule has 0 aliphatic rings. The van der Waals surface area contributed by atoms with E-state index in [2.05, 4.69) is 6.07 Å². The summed E-state index contributed by atoms with van der Waals surface area (Å²) in [5.41, 5.74) is 1.99. The fraction of sp³-hybridized carbons (Fsp3) is 0.0625. The minimum atomic E-state index is 0.483. The fourth-order valence-electron chi connectivity index (χ4n) is 1.79. The molecule has 2 aromatic rings. The highest BCUT2D eigenvalue weighted by Gasteiger charge is 2.06. The topological polar surface area (TPSA) is 33.0 Å². The van der Waals surface area contributed by atoms with E-state index in [4.69, 9.17) is 27.9 Å². The largest absolute Gasteiger partial charge is 0.495 e. The molecule has 100 valence electrons. The molecule has 0 saturated heterocycles. The highest BCUT2D eigenvalue weighted by molar-refractivity contribution is 6.33. The zero-order chi connectivity index (χ0) is 14.5. The summed E-state index contributed by atoms with van der Waals surface area (Å²) in [5, 5.41) is 10.3. The van der Waals surface area contributed by atoms with Gasteiger partial charge in [0.2, 0.25) is 0 Å². The molecule has 0 spiro atoms. The van der Waals surface area contributed by atoms with Crippen molar-refractivity contribution in [2.24, 2.45) is 0 Å². The average molecular weight is 304 g/mol. The van der Waals surface area contributed by atoms with Gasteiger partial charge in [-0.05, 0) is 29.8 Å². The second kappa shape index (κ2) is 6.47. The molecule has 0 amide bonds. The Morgan fingerprint density at radius 2 is 1.90 bits per heavy atom. The van der Waals surface area contributed by atoms with E-state index in [1.54, 1.807) is 31.4 Å². The van der Waals surface area contributed by atoms with Crippen LogP contribution in [-0.4, -0.2) is 7.11 Å². The van der Waals surface area contributed by atoms with Gasteiger partial charge in [0.15, 0.2) is 0 Å². The molecule has 0 saturated carbocycles. The smallest absolute Gasteiger partial charge is 0.137 e. The van der Waals surface area contributed by atoms with Crippen molar-refractivity contribution < 1.29 is 4.74 Å². The van der Waals surface area contributed by atoms with Gasteiger partial charge in [-0.2, -0.15) is 5.26 Å². The molecule has 0 aromatic heterocycles. The lowest BCUT2D eigenvalue weighted by Gasteiger charge is -2.05. The molecule has 2 nitrogen and oxygen atoms in total. The van der Waals surface area contributed by atoms with Crippen molar-refractivity contribution in [2.45, 2.75) is 0 Å². The quantitative estimate of drug-likeness (QED) is 0.586. The predicted molar refractivity (Wildman–Crippen MR) is 82.9 cm³/mol. The monoisotopic (exact) mass is 303 g/mol. The number of rotatable bonds is 3. The standard InChI is InChI=1S/C16H11Cl2NO/c1-20-16-7-6-11(9-15(16)18)8-12(10-19)13-4-2-3-5-14(13)17/h2-9H,1H3. The lowest BCUT2D eigenvalue weighted by atomic mass is 10.0. The molecule has 0 aliphatic carbocycles. The first-order valence-electron chi connectivity index (χ1n) is 5.86. The van der Waals surface area contributed by atoms with Crippen LogP contribution in [-0.2, 0) is 0 Å². The molecule has 0 radical (unpaired) electrons. The number of hydrogen-bond acceptors (Lipinski definition) is 2. The van der Waals surface area contributed by atoms with Gasteiger partial charge in [-0.1, -0.05) is 47.5 Å². The number of halogens is 2. The Kier molecular flexibility index (Phi) is 4.68. The van der Waals surface area contributed by atoms with Crippen molar-refractivity contribution >= 4 is 34.9 Å². The molecule has 2 aromatic carbocycles. The number of benzene rings is 2. The number of hydrogen-bond donors (Lipinski definition) is 0. The first kappa shape index (κ1) is 14.5. The third-order valence-corrected chi connectivity index (χ3v) is 3.40. The van der Waals surface area contributed by atoms with E-state index >= 15 is 0 Å². The first-order chi connectivity index (χ1) is 9.65. The summed E-state index contributed by atoms with van der Waals surface area (Å²) in [6, 6.07) is 14.7. The van der Waals surface area contributed by atoms with Crippen LogP contribution in [0.1, 0.15) is 11.1 Å². The van der Waals surface area contributed by atoms with E-state index in [0.717, 1.165) is 5.56 Å². The summed E-state index contributed by atoms with van der Waals surface area (Å²) in [7, 11) is 1.56. The van der Waals surface area contributed by atoms with Gasteiger partial charge in [0.1, 0.15) is 5.75 Å². The minimum Gasteiger partial charge on any atom is -0.495 e. The summed E-state index contributed by atoms with van der Waals surface area (Å²) in [6.07, 6.45) is 1.74.